The van der Waals surface area contributed by atoms with Gasteiger partial charge in [-0.1, -0.05) is 25.1 Å². The molecule has 0 radical (unpaired) electrons. The number of nitrogens with zero attached hydrogens (tertiary/aromatic N) is 1. The van der Waals surface area contributed by atoms with Crippen LogP contribution in [-0.4, -0.2) is 36.7 Å². The normalized spacial score (nSPS) is 26.3. The lowest BCUT2D eigenvalue weighted by Gasteiger charge is -2.48. The molecule has 1 aliphatic rings. The second-order valence-electron chi connectivity index (χ2n) is 6.87. The third-order valence-corrected chi connectivity index (χ3v) is 5.01. The summed E-state index contributed by atoms with van der Waals surface area (Å²) < 4.78 is 5.51. The van der Waals surface area contributed by atoms with Gasteiger partial charge in [0.2, 0.25) is 0 Å². The minimum Gasteiger partial charge on any atom is -0.496 e. The number of nitrogens with two attached hydrogens (primary N) is 1. The Hall–Kier alpha value is -1.06. The average Bonchev–Trinajstić information content (AvgIpc) is 2.50. The minimum absolute atomic E-state index is 0.0112. The molecule has 1 saturated heterocycles. The molecule has 3 atom stereocenters. The molecule has 1 heterocycles. The number of methoxy groups -OCH3 is 1. The Labute approximate surface area is 129 Å². The number of likely N-dealkylation sites (tertiary alicyclic amines) is 1. The second kappa shape index (κ2) is 6.80. The van der Waals surface area contributed by atoms with Gasteiger partial charge in [0.15, 0.2) is 0 Å². The maximum Gasteiger partial charge on any atom is 0.122 e. The molecule has 3 nitrogen and oxygen atoms in total. The van der Waals surface area contributed by atoms with Crippen molar-refractivity contribution in [3.05, 3.63) is 29.8 Å². The molecule has 21 heavy (non-hydrogen) atoms. The highest BCUT2D eigenvalue weighted by atomic mass is 16.5. The Bertz CT molecular complexity index is 462. The Morgan fingerprint density at radius 2 is 2.00 bits per heavy atom. The predicted octanol–water partition coefficient (Wildman–Crippen LogP) is 3.08. The van der Waals surface area contributed by atoms with E-state index >= 15 is 0 Å². The van der Waals surface area contributed by atoms with Crippen LogP contribution in [0.15, 0.2) is 24.3 Å². The lowest BCUT2D eigenvalue weighted by atomic mass is 9.84. The maximum atomic E-state index is 6.20. The van der Waals surface area contributed by atoms with E-state index in [2.05, 4.69) is 37.8 Å². The van der Waals surface area contributed by atoms with Gasteiger partial charge in [-0.2, -0.15) is 0 Å². The number of piperidine rings is 1. The van der Waals surface area contributed by atoms with Gasteiger partial charge >= 0.3 is 0 Å². The van der Waals surface area contributed by atoms with Crippen LogP contribution >= 0.6 is 0 Å². The van der Waals surface area contributed by atoms with Crippen LogP contribution in [0.2, 0.25) is 0 Å². The first-order chi connectivity index (χ1) is 10.00. The first-order valence-electron chi connectivity index (χ1n) is 8.09. The monoisotopic (exact) mass is 290 g/mol. The molecule has 1 aliphatic heterocycles. The van der Waals surface area contributed by atoms with E-state index in [1.807, 2.05) is 12.1 Å². The Morgan fingerprint density at radius 3 is 2.67 bits per heavy atom. The van der Waals surface area contributed by atoms with Crippen molar-refractivity contribution in [1.82, 2.24) is 4.90 Å². The largest absolute Gasteiger partial charge is 0.496 e. The van der Waals surface area contributed by atoms with Crippen LogP contribution in [-0.2, 0) is 6.42 Å². The second-order valence-corrected chi connectivity index (χ2v) is 6.87. The first-order valence-corrected chi connectivity index (χ1v) is 8.09. The summed E-state index contributed by atoms with van der Waals surface area (Å²) in [5.41, 5.74) is 7.44. The molecule has 1 aromatic rings. The number of ether oxygens (including phenoxy) is 1. The fraction of sp³-hybridized carbons (Fsp3) is 0.667. The zero-order valence-corrected chi connectivity index (χ0v) is 13.9. The molecule has 2 rings (SSSR count). The molecule has 0 saturated carbocycles. The summed E-state index contributed by atoms with van der Waals surface area (Å²) in [5.74, 6) is 1.72. The number of hydrogen-bond acceptors (Lipinski definition) is 3. The molecular formula is C18H30N2O. The van der Waals surface area contributed by atoms with Gasteiger partial charge in [0, 0.05) is 24.7 Å². The fourth-order valence-electron chi connectivity index (χ4n) is 3.59. The number of benzene rings is 1. The van der Waals surface area contributed by atoms with Gasteiger partial charge in [0.05, 0.1) is 7.11 Å². The SMILES string of the molecule is COc1ccccc1CC(C)(CN)N1CC(C)CCC1C. The highest BCUT2D eigenvalue weighted by Crippen LogP contribution is 2.32. The van der Waals surface area contributed by atoms with E-state index in [1.165, 1.54) is 18.4 Å². The van der Waals surface area contributed by atoms with Crippen LogP contribution in [0.5, 0.6) is 5.75 Å². The van der Waals surface area contributed by atoms with Crippen molar-refractivity contribution in [3.8, 4) is 5.75 Å². The highest BCUT2D eigenvalue weighted by Gasteiger charge is 2.37. The van der Waals surface area contributed by atoms with Crippen molar-refractivity contribution < 1.29 is 4.74 Å². The molecule has 3 unspecified atom stereocenters. The summed E-state index contributed by atoms with van der Waals surface area (Å²) in [5, 5.41) is 0. The van der Waals surface area contributed by atoms with Gasteiger partial charge in [-0.15, -0.1) is 0 Å². The van der Waals surface area contributed by atoms with Crippen molar-refractivity contribution in [2.75, 3.05) is 20.2 Å². The average molecular weight is 290 g/mol. The molecule has 118 valence electrons. The van der Waals surface area contributed by atoms with Crippen LogP contribution in [0.1, 0.15) is 39.2 Å². The zero-order valence-electron chi connectivity index (χ0n) is 13.9. The quantitative estimate of drug-likeness (QED) is 0.905. The molecule has 0 aliphatic carbocycles. The van der Waals surface area contributed by atoms with E-state index < -0.39 is 0 Å². The van der Waals surface area contributed by atoms with Gasteiger partial charge in [0.1, 0.15) is 5.75 Å². The van der Waals surface area contributed by atoms with Crippen LogP contribution in [0.4, 0.5) is 0 Å². The van der Waals surface area contributed by atoms with E-state index in [-0.39, 0.29) is 5.54 Å². The predicted molar refractivity (Wildman–Crippen MR) is 88.7 cm³/mol. The molecular weight excluding hydrogens is 260 g/mol. The van der Waals surface area contributed by atoms with E-state index in [0.717, 1.165) is 24.6 Å². The van der Waals surface area contributed by atoms with Gasteiger partial charge in [-0.05, 0) is 50.7 Å². The number of rotatable bonds is 5. The topological polar surface area (TPSA) is 38.5 Å². The van der Waals surface area contributed by atoms with Crippen LogP contribution in [0.25, 0.3) is 0 Å². The molecule has 2 N–H and O–H groups in total. The van der Waals surface area contributed by atoms with Gasteiger partial charge < -0.3 is 10.5 Å². The number of para-hydroxylation sites is 1. The third-order valence-electron chi connectivity index (χ3n) is 5.01. The summed E-state index contributed by atoms with van der Waals surface area (Å²) in [7, 11) is 1.74. The van der Waals surface area contributed by atoms with E-state index in [9.17, 15) is 0 Å². The zero-order chi connectivity index (χ0) is 15.5. The van der Waals surface area contributed by atoms with Crippen molar-refractivity contribution >= 4 is 0 Å². The standard InChI is InChI=1S/C18H30N2O/c1-14-9-10-15(2)20(12-14)18(3,13-19)11-16-7-5-6-8-17(16)21-4/h5-8,14-15H,9-13,19H2,1-4H3. The summed E-state index contributed by atoms with van der Waals surface area (Å²) in [4.78, 5) is 2.62. The molecule has 1 fully saturated rings. The van der Waals surface area contributed by atoms with Gasteiger partial charge in [-0.25, -0.2) is 0 Å². The van der Waals surface area contributed by atoms with E-state index in [1.54, 1.807) is 7.11 Å². The van der Waals surface area contributed by atoms with Crippen LogP contribution in [0.3, 0.4) is 0 Å². The van der Waals surface area contributed by atoms with E-state index in [4.69, 9.17) is 10.5 Å². The Balaban J connectivity index is 2.24. The molecule has 0 aromatic heterocycles. The van der Waals surface area contributed by atoms with Crippen molar-refractivity contribution in [2.45, 2.75) is 51.6 Å². The summed E-state index contributed by atoms with van der Waals surface area (Å²) >= 11 is 0. The fourth-order valence-corrected chi connectivity index (χ4v) is 3.59. The lowest BCUT2D eigenvalue weighted by Crippen LogP contribution is -2.59. The summed E-state index contributed by atoms with van der Waals surface area (Å²) in [6.45, 7) is 8.79. The molecule has 1 aromatic carbocycles. The first kappa shape index (κ1) is 16.3. The number of hydrogen-bond donors (Lipinski definition) is 1. The summed E-state index contributed by atoms with van der Waals surface area (Å²) in [6.07, 6.45) is 3.53. The van der Waals surface area contributed by atoms with Gasteiger partial charge in [-0.3, -0.25) is 4.90 Å². The highest BCUT2D eigenvalue weighted by molar-refractivity contribution is 5.34. The maximum absolute atomic E-state index is 6.20. The molecule has 0 spiro atoms. The molecule has 3 heteroatoms. The van der Waals surface area contributed by atoms with Gasteiger partial charge in [0.25, 0.3) is 0 Å². The Kier molecular flexibility index (Phi) is 5.28. The molecule has 0 amide bonds. The molecule has 0 bridgehead atoms. The van der Waals surface area contributed by atoms with E-state index in [0.29, 0.717) is 12.6 Å². The minimum atomic E-state index is -0.0112. The van der Waals surface area contributed by atoms with Crippen LogP contribution in [0, 0.1) is 5.92 Å². The van der Waals surface area contributed by atoms with Crippen molar-refractivity contribution in [3.63, 3.8) is 0 Å². The lowest BCUT2D eigenvalue weighted by molar-refractivity contribution is 0.0208. The summed E-state index contributed by atoms with van der Waals surface area (Å²) in [6, 6.07) is 8.90. The van der Waals surface area contributed by atoms with Crippen molar-refractivity contribution in [2.24, 2.45) is 11.7 Å². The van der Waals surface area contributed by atoms with Crippen LogP contribution < -0.4 is 10.5 Å². The third kappa shape index (κ3) is 3.58. The Morgan fingerprint density at radius 1 is 1.29 bits per heavy atom. The smallest absolute Gasteiger partial charge is 0.122 e. The van der Waals surface area contributed by atoms with Crippen molar-refractivity contribution in [1.29, 1.82) is 0 Å².